The van der Waals surface area contributed by atoms with Crippen LogP contribution in [0.25, 0.3) is 0 Å². The Labute approximate surface area is 59.1 Å². The summed E-state index contributed by atoms with van der Waals surface area (Å²) in [5.74, 6) is 0. The van der Waals surface area contributed by atoms with Gasteiger partial charge in [0.05, 0.1) is 3.57 Å². The van der Waals surface area contributed by atoms with Crippen LogP contribution in [0, 0.1) is 3.57 Å². The van der Waals surface area contributed by atoms with Crippen LogP contribution in [0.15, 0.2) is 11.4 Å². The first-order valence-corrected chi connectivity index (χ1v) is 3.68. The van der Waals surface area contributed by atoms with Crippen LogP contribution in [0.2, 0.25) is 0 Å². The van der Waals surface area contributed by atoms with Crippen LogP contribution >= 0.6 is 33.9 Å². The standard InChI is InChI=1S/C4H3IOS/c5-3-1-2-7-4(3)6/h1-2,6H. The first kappa shape index (κ1) is 5.37. The highest BCUT2D eigenvalue weighted by Crippen LogP contribution is 2.24. The van der Waals surface area contributed by atoms with Crippen LogP contribution in [-0.4, -0.2) is 5.11 Å². The van der Waals surface area contributed by atoms with Crippen LogP contribution in [0.1, 0.15) is 0 Å². The Bertz CT molecular complexity index is 144. The third-order valence-electron chi connectivity index (χ3n) is 0.598. The fraction of sp³-hybridized carbons (Fsp3) is 0. The predicted molar refractivity (Wildman–Crippen MR) is 38.7 cm³/mol. The maximum absolute atomic E-state index is 8.77. The molecule has 1 aromatic rings. The molecule has 0 radical (unpaired) electrons. The fourth-order valence-electron chi connectivity index (χ4n) is 0.286. The van der Waals surface area contributed by atoms with Gasteiger partial charge in [-0.05, 0) is 34.0 Å². The van der Waals surface area contributed by atoms with Gasteiger partial charge in [0, 0.05) is 0 Å². The maximum Gasteiger partial charge on any atom is 0.184 e. The van der Waals surface area contributed by atoms with E-state index in [1.807, 2.05) is 11.4 Å². The molecule has 7 heavy (non-hydrogen) atoms. The molecule has 0 bridgehead atoms. The fourth-order valence-corrected chi connectivity index (χ4v) is 1.60. The summed E-state index contributed by atoms with van der Waals surface area (Å²) >= 11 is 3.43. The lowest BCUT2D eigenvalue weighted by molar-refractivity contribution is 0.487. The zero-order chi connectivity index (χ0) is 5.28. The molecule has 1 nitrogen and oxygen atoms in total. The van der Waals surface area contributed by atoms with E-state index in [0.717, 1.165) is 3.57 Å². The highest BCUT2D eigenvalue weighted by atomic mass is 127. The van der Waals surface area contributed by atoms with Gasteiger partial charge in [-0.25, -0.2) is 0 Å². The largest absolute Gasteiger partial charge is 0.499 e. The summed E-state index contributed by atoms with van der Waals surface area (Å²) < 4.78 is 0.933. The summed E-state index contributed by atoms with van der Waals surface area (Å²) in [5.41, 5.74) is 0. The molecule has 0 spiro atoms. The Balaban J connectivity index is 3.12. The molecule has 0 saturated carbocycles. The number of thiophene rings is 1. The number of rotatable bonds is 0. The highest BCUT2D eigenvalue weighted by Gasteiger charge is 1.92. The monoisotopic (exact) mass is 226 g/mol. The topological polar surface area (TPSA) is 20.2 Å². The lowest BCUT2D eigenvalue weighted by atomic mass is 10.7. The molecule has 0 aromatic carbocycles. The molecule has 1 aromatic heterocycles. The van der Waals surface area contributed by atoms with Gasteiger partial charge in [0.25, 0.3) is 0 Å². The van der Waals surface area contributed by atoms with Gasteiger partial charge in [0.2, 0.25) is 0 Å². The highest BCUT2D eigenvalue weighted by molar-refractivity contribution is 14.1. The molecule has 1 heterocycles. The van der Waals surface area contributed by atoms with Crippen molar-refractivity contribution in [2.24, 2.45) is 0 Å². The van der Waals surface area contributed by atoms with Crippen molar-refractivity contribution in [3.63, 3.8) is 0 Å². The van der Waals surface area contributed by atoms with Gasteiger partial charge < -0.3 is 5.11 Å². The lowest BCUT2D eigenvalue weighted by Crippen LogP contribution is -1.53. The smallest absolute Gasteiger partial charge is 0.184 e. The molecular weight excluding hydrogens is 223 g/mol. The van der Waals surface area contributed by atoms with E-state index in [2.05, 4.69) is 22.6 Å². The molecule has 0 saturated heterocycles. The molecule has 0 unspecified atom stereocenters. The van der Waals surface area contributed by atoms with E-state index < -0.39 is 0 Å². The van der Waals surface area contributed by atoms with E-state index in [-0.39, 0.29) is 0 Å². The molecule has 0 atom stereocenters. The van der Waals surface area contributed by atoms with E-state index in [4.69, 9.17) is 5.11 Å². The van der Waals surface area contributed by atoms with Gasteiger partial charge in [0.1, 0.15) is 0 Å². The van der Waals surface area contributed by atoms with Crippen molar-refractivity contribution < 1.29 is 5.11 Å². The number of hydrogen-bond donors (Lipinski definition) is 1. The zero-order valence-electron chi connectivity index (χ0n) is 3.39. The van der Waals surface area contributed by atoms with Gasteiger partial charge in [0.15, 0.2) is 5.06 Å². The zero-order valence-corrected chi connectivity index (χ0v) is 6.36. The second-order valence-electron chi connectivity index (χ2n) is 1.07. The Morgan fingerprint density at radius 1 is 1.71 bits per heavy atom. The lowest BCUT2D eigenvalue weighted by Gasteiger charge is -1.77. The van der Waals surface area contributed by atoms with Crippen molar-refractivity contribution in [2.75, 3.05) is 0 Å². The van der Waals surface area contributed by atoms with Crippen LogP contribution in [-0.2, 0) is 0 Å². The third-order valence-corrected chi connectivity index (χ3v) is 2.55. The summed E-state index contributed by atoms with van der Waals surface area (Å²) in [6.45, 7) is 0. The summed E-state index contributed by atoms with van der Waals surface area (Å²) in [5, 5.41) is 11.0. The Hall–Kier alpha value is 0.230. The molecule has 1 rings (SSSR count). The molecule has 38 valence electrons. The first-order chi connectivity index (χ1) is 3.30. The van der Waals surface area contributed by atoms with Crippen molar-refractivity contribution in [3.05, 3.63) is 15.0 Å². The second-order valence-corrected chi connectivity index (χ2v) is 3.13. The van der Waals surface area contributed by atoms with Crippen molar-refractivity contribution in [2.45, 2.75) is 0 Å². The molecular formula is C4H3IOS. The van der Waals surface area contributed by atoms with Gasteiger partial charge in [-0.15, -0.1) is 11.3 Å². The minimum atomic E-state index is 0.417. The molecule has 0 aliphatic rings. The quantitative estimate of drug-likeness (QED) is 0.671. The average molecular weight is 226 g/mol. The summed E-state index contributed by atoms with van der Waals surface area (Å²) in [6, 6.07) is 1.88. The van der Waals surface area contributed by atoms with Crippen LogP contribution in [0.3, 0.4) is 0 Å². The Morgan fingerprint density at radius 2 is 2.43 bits per heavy atom. The Kier molecular flexibility index (Phi) is 1.53. The van der Waals surface area contributed by atoms with Gasteiger partial charge >= 0.3 is 0 Å². The number of hydrogen-bond acceptors (Lipinski definition) is 2. The molecule has 0 fully saturated rings. The van der Waals surface area contributed by atoms with Gasteiger partial charge in [-0.2, -0.15) is 0 Å². The third kappa shape index (κ3) is 1.07. The number of aromatic hydroxyl groups is 1. The molecule has 3 heteroatoms. The van der Waals surface area contributed by atoms with Crippen LogP contribution in [0.5, 0.6) is 5.06 Å². The van der Waals surface area contributed by atoms with E-state index in [0.29, 0.717) is 5.06 Å². The minimum Gasteiger partial charge on any atom is -0.499 e. The van der Waals surface area contributed by atoms with E-state index >= 15 is 0 Å². The average Bonchev–Trinajstić information content (AvgIpc) is 1.91. The predicted octanol–water partition coefficient (Wildman–Crippen LogP) is 2.06. The summed E-state index contributed by atoms with van der Waals surface area (Å²) in [6.07, 6.45) is 0. The van der Waals surface area contributed by atoms with E-state index in [9.17, 15) is 0 Å². The molecule has 0 aliphatic heterocycles. The van der Waals surface area contributed by atoms with Crippen LogP contribution in [0.4, 0.5) is 0 Å². The number of halogens is 1. The van der Waals surface area contributed by atoms with Crippen molar-refractivity contribution in [1.29, 1.82) is 0 Å². The Morgan fingerprint density at radius 3 is 2.57 bits per heavy atom. The minimum absolute atomic E-state index is 0.417. The van der Waals surface area contributed by atoms with Gasteiger partial charge in [-0.3, -0.25) is 0 Å². The van der Waals surface area contributed by atoms with Crippen LogP contribution < -0.4 is 0 Å². The SMILES string of the molecule is Oc1sccc1I. The first-order valence-electron chi connectivity index (χ1n) is 1.72. The van der Waals surface area contributed by atoms with Crippen molar-refractivity contribution in [1.82, 2.24) is 0 Å². The van der Waals surface area contributed by atoms with E-state index in [1.165, 1.54) is 11.3 Å². The maximum atomic E-state index is 8.77. The summed E-state index contributed by atoms with van der Waals surface area (Å²) in [4.78, 5) is 0. The van der Waals surface area contributed by atoms with E-state index in [1.54, 1.807) is 0 Å². The van der Waals surface area contributed by atoms with Crippen molar-refractivity contribution in [3.8, 4) is 5.06 Å². The summed E-state index contributed by atoms with van der Waals surface area (Å²) in [7, 11) is 0. The molecule has 1 N–H and O–H groups in total. The second kappa shape index (κ2) is 2.00. The normalized spacial score (nSPS) is 9.29. The molecule has 0 amide bonds. The molecule has 0 aliphatic carbocycles. The van der Waals surface area contributed by atoms with Gasteiger partial charge in [-0.1, -0.05) is 0 Å². The van der Waals surface area contributed by atoms with Crippen molar-refractivity contribution >= 4 is 33.9 Å².